The van der Waals surface area contributed by atoms with Gasteiger partial charge in [0.25, 0.3) is 0 Å². The van der Waals surface area contributed by atoms with Crippen molar-refractivity contribution >= 4 is 43.5 Å². The number of carbonyl (C=O) groups is 2. The van der Waals surface area contributed by atoms with Gasteiger partial charge in [0.15, 0.2) is 0 Å². The van der Waals surface area contributed by atoms with Crippen LogP contribution in [0, 0.1) is 6.92 Å². The summed E-state index contributed by atoms with van der Waals surface area (Å²) in [6.45, 7) is 6.41. The number of rotatable bonds is 11. The third-order valence-corrected chi connectivity index (χ3v) is 6.98. The third kappa shape index (κ3) is 8.16. The predicted molar refractivity (Wildman–Crippen MR) is 135 cm³/mol. The maximum atomic E-state index is 13.1. The van der Waals surface area contributed by atoms with E-state index in [2.05, 4.69) is 21.2 Å². The van der Waals surface area contributed by atoms with E-state index < -0.39 is 16.1 Å². The van der Waals surface area contributed by atoms with Crippen molar-refractivity contribution in [1.82, 2.24) is 10.2 Å². The zero-order valence-electron chi connectivity index (χ0n) is 19.5. The summed E-state index contributed by atoms with van der Waals surface area (Å²) in [6, 6.07) is 14.2. The van der Waals surface area contributed by atoms with Crippen molar-refractivity contribution in [3.63, 3.8) is 0 Å². The lowest BCUT2D eigenvalue weighted by Crippen LogP contribution is -2.47. The number of nitrogens with zero attached hydrogens (tertiary/aromatic N) is 2. The zero-order valence-corrected chi connectivity index (χ0v) is 21.9. The van der Waals surface area contributed by atoms with Crippen LogP contribution < -0.4 is 9.62 Å². The minimum absolute atomic E-state index is 0.123. The Morgan fingerprint density at radius 1 is 1.06 bits per heavy atom. The van der Waals surface area contributed by atoms with Crippen LogP contribution in [-0.2, 0) is 26.2 Å². The lowest BCUT2D eigenvalue weighted by Gasteiger charge is -2.29. The number of sulfonamides is 1. The first kappa shape index (κ1) is 26.9. The first-order valence-corrected chi connectivity index (χ1v) is 13.5. The van der Waals surface area contributed by atoms with Gasteiger partial charge >= 0.3 is 0 Å². The van der Waals surface area contributed by atoms with E-state index in [-0.39, 0.29) is 31.3 Å². The largest absolute Gasteiger partial charge is 0.355 e. The molecule has 0 radical (unpaired) electrons. The van der Waals surface area contributed by atoms with Crippen LogP contribution in [0.25, 0.3) is 0 Å². The molecule has 2 amide bonds. The molecule has 0 aromatic heterocycles. The number of benzene rings is 2. The van der Waals surface area contributed by atoms with E-state index in [0.29, 0.717) is 18.7 Å². The van der Waals surface area contributed by atoms with Gasteiger partial charge in [-0.3, -0.25) is 13.9 Å². The number of nitrogens with one attached hydrogen (secondary N) is 1. The second-order valence-electron chi connectivity index (χ2n) is 7.99. The van der Waals surface area contributed by atoms with Gasteiger partial charge in [0.2, 0.25) is 21.8 Å². The Bertz CT molecular complexity index is 1040. The molecule has 0 fully saturated rings. The summed E-state index contributed by atoms with van der Waals surface area (Å²) in [4.78, 5) is 27.2. The fraction of sp³-hybridized carbons (Fsp3) is 0.417. The molecular weight excluding hydrogens is 506 g/mol. The summed E-state index contributed by atoms with van der Waals surface area (Å²) in [5, 5.41) is 2.77. The molecule has 0 saturated carbocycles. The van der Waals surface area contributed by atoms with Crippen molar-refractivity contribution < 1.29 is 18.0 Å². The van der Waals surface area contributed by atoms with Gasteiger partial charge in [0.1, 0.15) is 6.04 Å². The van der Waals surface area contributed by atoms with Gasteiger partial charge in [-0.2, -0.15) is 0 Å². The maximum absolute atomic E-state index is 13.1. The highest BCUT2D eigenvalue weighted by Crippen LogP contribution is 2.20. The molecule has 0 heterocycles. The Hall–Kier alpha value is -2.39. The molecule has 7 nitrogen and oxygen atoms in total. The summed E-state index contributed by atoms with van der Waals surface area (Å²) in [7, 11) is -3.50. The van der Waals surface area contributed by atoms with Gasteiger partial charge in [0.05, 0.1) is 11.9 Å². The number of amides is 2. The molecule has 0 aliphatic carbocycles. The lowest BCUT2D eigenvalue weighted by atomic mass is 10.1. The average molecular weight is 539 g/mol. The van der Waals surface area contributed by atoms with Gasteiger partial charge in [-0.15, -0.1) is 0 Å². The Kier molecular flexibility index (Phi) is 9.91. The molecule has 0 saturated heterocycles. The fourth-order valence-electron chi connectivity index (χ4n) is 3.41. The topological polar surface area (TPSA) is 86.8 Å². The summed E-state index contributed by atoms with van der Waals surface area (Å²) in [5.74, 6) is -0.422. The number of halogens is 1. The van der Waals surface area contributed by atoms with Crippen molar-refractivity contribution in [3.8, 4) is 0 Å². The summed E-state index contributed by atoms with van der Waals surface area (Å²) in [5.41, 5.74) is 2.50. The fourth-order valence-corrected chi connectivity index (χ4v) is 4.64. The smallest absolute Gasteiger partial charge is 0.242 e. The molecule has 0 aliphatic rings. The van der Waals surface area contributed by atoms with Gasteiger partial charge in [0, 0.05) is 30.5 Å². The molecule has 9 heteroatoms. The number of carbonyl (C=O) groups excluding carboxylic acids is 2. The molecule has 0 aliphatic heterocycles. The molecule has 33 heavy (non-hydrogen) atoms. The van der Waals surface area contributed by atoms with E-state index in [0.717, 1.165) is 21.9 Å². The first-order chi connectivity index (χ1) is 15.5. The minimum Gasteiger partial charge on any atom is -0.355 e. The van der Waals surface area contributed by atoms with E-state index in [1.807, 2.05) is 50.2 Å². The predicted octanol–water partition coefficient (Wildman–Crippen LogP) is 3.86. The van der Waals surface area contributed by atoms with Crippen molar-refractivity contribution in [2.24, 2.45) is 0 Å². The van der Waals surface area contributed by atoms with E-state index in [4.69, 9.17) is 0 Å². The second kappa shape index (κ2) is 12.2. The first-order valence-electron chi connectivity index (χ1n) is 10.9. The molecular formula is C24H32BrN3O4S. The molecule has 1 atom stereocenters. The van der Waals surface area contributed by atoms with Gasteiger partial charge in [-0.1, -0.05) is 45.8 Å². The van der Waals surface area contributed by atoms with Crippen LogP contribution in [-0.4, -0.2) is 50.5 Å². The van der Waals surface area contributed by atoms with Crippen molar-refractivity contribution in [1.29, 1.82) is 0 Å². The Labute approximate surface area is 205 Å². The monoisotopic (exact) mass is 537 g/mol. The Morgan fingerprint density at radius 3 is 2.21 bits per heavy atom. The highest BCUT2D eigenvalue weighted by Gasteiger charge is 2.26. The molecule has 1 N–H and O–H groups in total. The van der Waals surface area contributed by atoms with Crippen LogP contribution in [0.4, 0.5) is 5.69 Å². The number of hydrogen-bond donors (Lipinski definition) is 1. The molecule has 1 unspecified atom stereocenters. The summed E-state index contributed by atoms with van der Waals surface area (Å²) >= 11 is 3.40. The zero-order chi connectivity index (χ0) is 24.6. The number of hydrogen-bond acceptors (Lipinski definition) is 4. The van der Waals surface area contributed by atoms with Crippen molar-refractivity contribution in [3.05, 3.63) is 64.1 Å². The molecule has 180 valence electrons. The van der Waals surface area contributed by atoms with Gasteiger partial charge in [-0.05, 0) is 57.0 Å². The molecule has 0 spiro atoms. The number of aryl methyl sites for hydroxylation is 1. The standard InChI is InChI=1S/C24H32BrN3O4S/c1-5-26-24(30)19(3)27(17-20-10-12-21(25)13-11-20)23(29)7-6-16-28(33(4,31)32)22-14-8-18(2)9-15-22/h8-15,19H,5-7,16-17H2,1-4H3,(H,26,30). The van der Waals surface area contributed by atoms with Crippen LogP contribution in [0.3, 0.4) is 0 Å². The van der Waals surface area contributed by atoms with Crippen molar-refractivity contribution in [2.45, 2.75) is 46.2 Å². The van der Waals surface area contributed by atoms with Crippen LogP contribution in [0.1, 0.15) is 37.8 Å². The van der Waals surface area contributed by atoms with Crippen LogP contribution in [0.15, 0.2) is 53.0 Å². The second-order valence-corrected chi connectivity index (χ2v) is 10.8. The quantitative estimate of drug-likeness (QED) is 0.471. The molecule has 0 bridgehead atoms. The average Bonchev–Trinajstić information content (AvgIpc) is 2.76. The maximum Gasteiger partial charge on any atom is 0.242 e. The third-order valence-electron chi connectivity index (χ3n) is 5.26. The molecule has 2 aromatic carbocycles. The number of anilines is 1. The lowest BCUT2D eigenvalue weighted by molar-refractivity contribution is -0.140. The van der Waals surface area contributed by atoms with E-state index >= 15 is 0 Å². The SMILES string of the molecule is CCNC(=O)C(C)N(Cc1ccc(Br)cc1)C(=O)CCCN(c1ccc(C)cc1)S(C)(=O)=O. The van der Waals surface area contributed by atoms with Gasteiger partial charge in [-0.25, -0.2) is 8.42 Å². The summed E-state index contributed by atoms with van der Waals surface area (Å²) < 4.78 is 26.9. The Balaban J connectivity index is 2.13. The van der Waals surface area contributed by atoms with Crippen LogP contribution >= 0.6 is 15.9 Å². The van der Waals surface area contributed by atoms with E-state index in [1.54, 1.807) is 24.0 Å². The highest BCUT2D eigenvalue weighted by molar-refractivity contribution is 9.10. The Morgan fingerprint density at radius 2 is 1.67 bits per heavy atom. The molecule has 2 rings (SSSR count). The molecule has 2 aromatic rings. The number of likely N-dealkylation sites (N-methyl/N-ethyl adjacent to an activating group) is 1. The minimum atomic E-state index is -3.50. The van der Waals surface area contributed by atoms with E-state index in [1.165, 1.54) is 4.31 Å². The van der Waals surface area contributed by atoms with Crippen LogP contribution in [0.2, 0.25) is 0 Å². The van der Waals surface area contributed by atoms with Crippen molar-refractivity contribution in [2.75, 3.05) is 23.7 Å². The normalized spacial score (nSPS) is 12.2. The van der Waals surface area contributed by atoms with Crippen LogP contribution in [0.5, 0.6) is 0 Å². The highest BCUT2D eigenvalue weighted by atomic mass is 79.9. The van der Waals surface area contributed by atoms with E-state index in [9.17, 15) is 18.0 Å². The van der Waals surface area contributed by atoms with Gasteiger partial charge < -0.3 is 10.2 Å². The summed E-state index contributed by atoms with van der Waals surface area (Å²) in [6.07, 6.45) is 1.61.